The average Bonchev–Trinajstić information content (AvgIpc) is 2.36. The molecule has 1 nitrogen and oxygen atoms in total. The summed E-state index contributed by atoms with van der Waals surface area (Å²) in [6.45, 7) is 11.0. The molecule has 112 valence electrons. The van der Waals surface area contributed by atoms with Crippen LogP contribution < -0.4 is 24.0 Å². The Balaban J connectivity index is 0. The second-order valence-corrected chi connectivity index (χ2v) is 5.90. The van der Waals surface area contributed by atoms with Crippen molar-refractivity contribution in [2.75, 3.05) is 25.1 Å². The van der Waals surface area contributed by atoms with Gasteiger partial charge in [-0.2, -0.15) is 0 Å². The van der Waals surface area contributed by atoms with Crippen LogP contribution in [0.2, 0.25) is 0 Å². The molecule has 0 heterocycles. The molecule has 0 aromatic heterocycles. The quantitative estimate of drug-likeness (QED) is 0.146. The normalized spacial score (nSPS) is 11.3. The molecule has 0 N–H and O–H groups in total. The van der Waals surface area contributed by atoms with E-state index in [1.165, 1.54) is 75.5 Å². The van der Waals surface area contributed by atoms with Crippen LogP contribution in [0.3, 0.4) is 0 Å². The lowest BCUT2D eigenvalue weighted by Gasteiger charge is -2.37. The molecule has 0 saturated heterocycles. The third-order valence-corrected chi connectivity index (χ3v) is 4.78. The molecule has 0 radical (unpaired) electrons. The Morgan fingerprint density at radius 2 is 1.06 bits per heavy atom. The van der Waals surface area contributed by atoms with Crippen molar-refractivity contribution in [1.82, 2.24) is 0 Å². The van der Waals surface area contributed by atoms with Gasteiger partial charge in [-0.15, -0.1) is 0 Å². The van der Waals surface area contributed by atoms with Gasteiger partial charge in [-0.25, -0.2) is 0 Å². The second-order valence-electron chi connectivity index (χ2n) is 5.40. The van der Waals surface area contributed by atoms with E-state index in [0.717, 1.165) is 5.45 Å². The predicted octanol–water partition coefficient (Wildman–Crippen LogP) is 2.34. The van der Waals surface area contributed by atoms with Crippen LogP contribution in [0.1, 0.15) is 72.1 Å². The van der Waals surface area contributed by atoms with Crippen LogP contribution in [0.25, 0.3) is 0 Å². The Labute approximate surface area is 141 Å². The number of unbranched alkanes of at least 4 members (excludes halogenated alkanes) is 5. The van der Waals surface area contributed by atoms with Crippen LogP contribution in [0, 0.1) is 0 Å². The number of hydrogen-bond donors (Lipinski definition) is 0. The molecule has 0 aliphatic rings. The van der Waals surface area contributed by atoms with Gasteiger partial charge >= 0.3 is 0 Å². The lowest BCUT2D eigenvalue weighted by atomic mass is 10.1. The van der Waals surface area contributed by atoms with E-state index in [4.69, 9.17) is 0 Å². The lowest BCUT2D eigenvalue weighted by molar-refractivity contribution is -0.915. The number of nitrogens with zero attached hydrogens (tertiary/aromatic N) is 1. The van der Waals surface area contributed by atoms with E-state index in [2.05, 4.69) is 36.7 Å². The first-order chi connectivity index (χ1) is 8.24. The summed E-state index contributed by atoms with van der Waals surface area (Å²) in [4.78, 5) is 0. The van der Waals surface area contributed by atoms with Crippen LogP contribution in [0.15, 0.2) is 0 Å². The van der Waals surface area contributed by atoms with Crippen molar-refractivity contribution in [3.05, 3.63) is 0 Å². The van der Waals surface area contributed by atoms with E-state index in [9.17, 15) is 0 Å². The Morgan fingerprint density at radius 1 is 0.667 bits per heavy atom. The van der Waals surface area contributed by atoms with Gasteiger partial charge in [0.2, 0.25) is 0 Å². The molecule has 0 aromatic carbocycles. The molecule has 0 rings (SSSR count). The van der Waals surface area contributed by atoms with Gasteiger partial charge in [0.1, 0.15) is 5.45 Å². The van der Waals surface area contributed by atoms with Crippen LogP contribution in [-0.4, -0.2) is 29.6 Å². The highest BCUT2D eigenvalue weighted by atomic mass is 127. The molecule has 0 unspecified atom stereocenters. The molecule has 0 aliphatic heterocycles. The number of quaternary nitrogens is 1. The summed E-state index contributed by atoms with van der Waals surface area (Å²) in [5.74, 6) is 0. The van der Waals surface area contributed by atoms with Gasteiger partial charge in [-0.1, -0.05) is 40.0 Å². The first kappa shape index (κ1) is 21.5. The maximum Gasteiger partial charge on any atom is 0.134 e. The highest BCUT2D eigenvalue weighted by Crippen LogP contribution is 2.17. The van der Waals surface area contributed by atoms with E-state index < -0.39 is 0 Å². The fourth-order valence-corrected chi connectivity index (χ4v) is 3.15. The first-order valence-electron chi connectivity index (χ1n) is 7.65. The molecule has 0 bridgehead atoms. The number of rotatable bonds is 12. The Morgan fingerprint density at radius 3 is 1.39 bits per heavy atom. The van der Waals surface area contributed by atoms with Gasteiger partial charge in [0, 0.05) is 0 Å². The minimum atomic E-state index is 0. The van der Waals surface area contributed by atoms with E-state index in [1.807, 2.05) is 0 Å². The van der Waals surface area contributed by atoms with E-state index >= 15 is 0 Å². The van der Waals surface area contributed by atoms with Crippen molar-refractivity contribution < 1.29 is 28.5 Å². The van der Waals surface area contributed by atoms with Crippen molar-refractivity contribution in [2.45, 2.75) is 72.1 Å². The van der Waals surface area contributed by atoms with Crippen LogP contribution in [0.5, 0.6) is 0 Å². The van der Waals surface area contributed by atoms with E-state index in [0.29, 0.717) is 0 Å². The first-order valence-corrected chi connectivity index (χ1v) is 8.77. The second kappa shape index (κ2) is 14.6. The van der Waals surface area contributed by atoms with Crippen LogP contribution in [-0.2, 0) is 0 Å². The molecule has 0 amide bonds. The van der Waals surface area contributed by atoms with Gasteiger partial charge in [0.15, 0.2) is 0 Å². The zero-order chi connectivity index (χ0) is 13.0. The molecule has 0 atom stereocenters. The monoisotopic (exact) mass is 433 g/mol. The topological polar surface area (TPSA) is 0 Å². The van der Waals surface area contributed by atoms with Gasteiger partial charge in [-0.05, 0) is 48.0 Å². The van der Waals surface area contributed by atoms with Crippen LogP contribution >= 0.6 is 15.9 Å². The van der Waals surface area contributed by atoms with Crippen molar-refractivity contribution in [1.29, 1.82) is 0 Å². The van der Waals surface area contributed by atoms with E-state index in [-0.39, 0.29) is 24.0 Å². The third kappa shape index (κ3) is 10.0. The molecule has 0 aliphatic carbocycles. The summed E-state index contributed by atoms with van der Waals surface area (Å²) in [6.07, 6.45) is 11.0. The number of hydrogen-bond acceptors (Lipinski definition) is 0. The summed E-state index contributed by atoms with van der Waals surface area (Å²) in [5, 5.41) is 0. The maximum atomic E-state index is 3.78. The molecular formula is C15H33BrIN. The van der Waals surface area contributed by atoms with Crippen molar-refractivity contribution >= 4 is 15.9 Å². The van der Waals surface area contributed by atoms with Crippen molar-refractivity contribution in [3.8, 4) is 0 Å². The molecule has 18 heavy (non-hydrogen) atoms. The number of halogens is 2. The van der Waals surface area contributed by atoms with Crippen LogP contribution in [0.4, 0.5) is 0 Å². The third-order valence-electron chi connectivity index (χ3n) is 3.71. The summed E-state index contributed by atoms with van der Waals surface area (Å²) in [7, 11) is 0. The average molecular weight is 434 g/mol. The minimum Gasteiger partial charge on any atom is -1.00 e. The lowest BCUT2D eigenvalue weighted by Crippen LogP contribution is -3.00. The van der Waals surface area contributed by atoms with E-state index in [1.54, 1.807) is 0 Å². The Bertz CT molecular complexity index is 155. The fourth-order valence-electron chi connectivity index (χ4n) is 2.40. The zero-order valence-electron chi connectivity index (χ0n) is 12.7. The maximum absolute atomic E-state index is 3.78. The molecule has 0 fully saturated rings. The van der Waals surface area contributed by atoms with Gasteiger partial charge in [0.05, 0.1) is 19.6 Å². The largest absolute Gasteiger partial charge is 1.00 e. The van der Waals surface area contributed by atoms with Crippen molar-refractivity contribution in [3.63, 3.8) is 0 Å². The Kier molecular flexibility index (Phi) is 17.4. The highest BCUT2D eigenvalue weighted by Gasteiger charge is 2.24. The molecule has 0 aromatic rings. The Hall–Kier alpha value is 1.17. The minimum absolute atomic E-state index is 0. The SMILES string of the molecule is CCCCC[N+](CBr)(CCCC)CCCCC.[I-]. The predicted molar refractivity (Wildman–Crippen MR) is 82.6 cm³/mol. The molecule has 0 spiro atoms. The van der Waals surface area contributed by atoms with Gasteiger partial charge in [0.25, 0.3) is 0 Å². The summed E-state index contributed by atoms with van der Waals surface area (Å²) in [5.41, 5.74) is 1.15. The molecule has 0 saturated carbocycles. The summed E-state index contributed by atoms with van der Waals surface area (Å²) in [6, 6.07) is 0. The highest BCUT2D eigenvalue weighted by molar-refractivity contribution is 9.09. The molecular weight excluding hydrogens is 401 g/mol. The fraction of sp³-hybridized carbons (Fsp3) is 1.00. The van der Waals surface area contributed by atoms with Gasteiger partial charge < -0.3 is 28.5 Å². The molecule has 3 heteroatoms. The van der Waals surface area contributed by atoms with Crippen molar-refractivity contribution in [2.24, 2.45) is 0 Å². The summed E-state index contributed by atoms with van der Waals surface area (Å²) >= 11 is 3.78. The van der Waals surface area contributed by atoms with Gasteiger partial charge in [-0.3, -0.25) is 0 Å². The standard InChI is InChI=1S/C15H33BrN.HI/c1-4-7-10-13-17(15-16,12-9-6-3)14-11-8-5-2;/h4-15H2,1-3H3;1H/q+1;/p-1. The summed E-state index contributed by atoms with van der Waals surface area (Å²) < 4.78 is 1.31. The number of alkyl halides is 1. The smallest absolute Gasteiger partial charge is 0.134 e. The zero-order valence-corrected chi connectivity index (χ0v) is 16.4.